The summed E-state index contributed by atoms with van der Waals surface area (Å²) in [6.07, 6.45) is 1.15. The Morgan fingerprint density at radius 1 is 1.57 bits per heavy atom. The molecule has 0 atom stereocenters. The molecule has 1 rings (SSSR count). The largest absolute Gasteiger partial charge is 0.501 e. The first-order valence-electron chi connectivity index (χ1n) is 3.31. The van der Waals surface area contributed by atoms with Gasteiger partial charge in [0.15, 0.2) is 0 Å². The summed E-state index contributed by atoms with van der Waals surface area (Å²) in [6, 6.07) is 2.08. The van der Waals surface area contributed by atoms with Crippen LogP contribution in [0.3, 0.4) is 0 Å². The van der Waals surface area contributed by atoms with E-state index in [1.165, 1.54) is 0 Å². The number of nitro groups is 1. The predicted molar refractivity (Wildman–Crippen MR) is 47.6 cm³/mol. The molecule has 0 saturated heterocycles. The minimum atomic E-state index is -0.828. The van der Waals surface area contributed by atoms with E-state index in [1.54, 1.807) is 0 Å². The zero-order valence-corrected chi connectivity index (χ0v) is 7.35. The van der Waals surface area contributed by atoms with Gasteiger partial charge in [0, 0.05) is 11.1 Å². The van der Waals surface area contributed by atoms with Crippen molar-refractivity contribution in [2.45, 2.75) is 0 Å². The Hall–Kier alpha value is -1.91. The quantitative estimate of drug-likeness (QED) is 0.352. The molecule has 0 aliphatic rings. The number of benzene rings is 1. The van der Waals surface area contributed by atoms with Gasteiger partial charge in [-0.2, -0.15) is 4.99 Å². The number of hydrogen-bond acceptors (Lipinski definition) is 5. The van der Waals surface area contributed by atoms with E-state index >= 15 is 0 Å². The number of nitro benzene ring substituents is 1. The zero-order valence-electron chi connectivity index (χ0n) is 6.60. The summed E-state index contributed by atoms with van der Waals surface area (Å²) in [7, 11) is 0. The fourth-order valence-electron chi connectivity index (χ4n) is 0.844. The van der Waals surface area contributed by atoms with Crippen LogP contribution in [0.4, 0.5) is 11.4 Å². The number of phenols is 1. The topological polar surface area (TPSA) is 92.8 Å². The van der Waals surface area contributed by atoms with Crippen LogP contribution in [0.25, 0.3) is 0 Å². The van der Waals surface area contributed by atoms with Crippen molar-refractivity contribution in [3.05, 3.63) is 27.3 Å². The number of rotatable bonds is 2. The lowest BCUT2D eigenvalue weighted by molar-refractivity contribution is -0.385. The molecule has 6 nitrogen and oxygen atoms in total. The zero-order chi connectivity index (χ0) is 10.7. The summed E-state index contributed by atoms with van der Waals surface area (Å²) < 4.78 is 0. The monoisotopic (exact) mass is 214 g/mol. The maximum atomic E-state index is 10.4. The molecule has 0 radical (unpaired) electrons. The molecule has 0 spiro atoms. The molecule has 0 amide bonds. The van der Waals surface area contributed by atoms with Crippen LogP contribution < -0.4 is 0 Å². The molecule has 0 bridgehead atoms. The van der Waals surface area contributed by atoms with Gasteiger partial charge in [-0.15, -0.1) is 0 Å². The average Bonchev–Trinajstić information content (AvgIpc) is 2.10. The number of carbonyl (C=O) groups excluding carboxylic acids is 1. The van der Waals surface area contributed by atoms with Crippen LogP contribution >= 0.6 is 11.6 Å². The highest BCUT2D eigenvalue weighted by molar-refractivity contribution is 6.31. The maximum Gasteiger partial charge on any atom is 0.314 e. The van der Waals surface area contributed by atoms with Gasteiger partial charge < -0.3 is 5.11 Å². The second-order valence-electron chi connectivity index (χ2n) is 2.25. The third kappa shape index (κ3) is 1.87. The van der Waals surface area contributed by atoms with Crippen LogP contribution in [0.15, 0.2) is 17.1 Å². The molecule has 72 valence electrons. The number of aromatic hydroxyl groups is 1. The number of aliphatic imine (C=N–C) groups is 1. The molecule has 7 heteroatoms. The van der Waals surface area contributed by atoms with Crippen molar-refractivity contribution in [2.24, 2.45) is 4.99 Å². The highest BCUT2D eigenvalue weighted by atomic mass is 35.5. The molecule has 0 saturated carbocycles. The summed E-state index contributed by atoms with van der Waals surface area (Å²) in [5.74, 6) is -0.706. The first-order chi connectivity index (χ1) is 6.56. The number of phenolic OH excluding ortho intramolecular Hbond substituents is 1. The lowest BCUT2D eigenvalue weighted by Gasteiger charge is -1.99. The van der Waals surface area contributed by atoms with E-state index in [1.807, 2.05) is 0 Å². The van der Waals surface area contributed by atoms with Crippen molar-refractivity contribution >= 4 is 29.1 Å². The Labute approximate surface area is 82.6 Å². The molecule has 1 N–H and O–H groups in total. The molecule has 0 heterocycles. The molecule has 1 aromatic rings. The smallest absolute Gasteiger partial charge is 0.314 e. The molecule has 0 fully saturated rings. The van der Waals surface area contributed by atoms with Crippen LogP contribution in [0.1, 0.15) is 0 Å². The first kappa shape index (κ1) is 10.2. The Balaban J connectivity index is 3.46. The van der Waals surface area contributed by atoms with Gasteiger partial charge in [-0.1, -0.05) is 11.6 Å². The minimum Gasteiger partial charge on any atom is -0.501 e. The highest BCUT2D eigenvalue weighted by Crippen LogP contribution is 2.38. The van der Waals surface area contributed by atoms with Gasteiger partial charge in [0.2, 0.25) is 11.8 Å². The van der Waals surface area contributed by atoms with Gasteiger partial charge in [0.25, 0.3) is 0 Å². The minimum absolute atomic E-state index is 0.00324. The molecule has 0 aliphatic carbocycles. The summed E-state index contributed by atoms with van der Waals surface area (Å²) in [6.45, 7) is 0. The van der Waals surface area contributed by atoms with Gasteiger partial charge in [-0.05, 0) is 6.07 Å². The van der Waals surface area contributed by atoms with E-state index in [4.69, 9.17) is 11.6 Å². The average molecular weight is 215 g/mol. The second kappa shape index (κ2) is 3.87. The third-order valence-electron chi connectivity index (χ3n) is 1.40. The summed E-state index contributed by atoms with van der Waals surface area (Å²) in [5.41, 5.74) is -0.884. The first-order valence-corrected chi connectivity index (χ1v) is 3.69. The van der Waals surface area contributed by atoms with Crippen molar-refractivity contribution in [2.75, 3.05) is 0 Å². The van der Waals surface area contributed by atoms with E-state index in [0.717, 1.165) is 18.2 Å². The van der Waals surface area contributed by atoms with Gasteiger partial charge in [-0.25, -0.2) is 4.79 Å². The SMILES string of the molecule is O=C=Nc1cc(Cl)cc([N+](=O)[O-])c1O. The molecule has 14 heavy (non-hydrogen) atoms. The molecule has 0 aromatic heterocycles. The molecular formula is C7H3ClN2O4. The fraction of sp³-hybridized carbons (Fsp3) is 0. The van der Waals surface area contributed by atoms with Crippen LogP contribution in [0.2, 0.25) is 5.02 Å². The summed E-state index contributed by atoms with van der Waals surface area (Å²) >= 11 is 5.50. The number of hydrogen-bond donors (Lipinski definition) is 1. The van der Waals surface area contributed by atoms with E-state index in [0.29, 0.717) is 0 Å². The normalized spacial score (nSPS) is 9.21. The van der Waals surface area contributed by atoms with E-state index in [2.05, 4.69) is 4.99 Å². The second-order valence-corrected chi connectivity index (χ2v) is 2.69. The van der Waals surface area contributed by atoms with Gasteiger partial charge in [0.1, 0.15) is 5.69 Å². The molecule has 0 aliphatic heterocycles. The van der Waals surface area contributed by atoms with Crippen molar-refractivity contribution in [1.82, 2.24) is 0 Å². The highest BCUT2D eigenvalue weighted by Gasteiger charge is 2.18. The van der Waals surface area contributed by atoms with E-state index in [9.17, 15) is 20.0 Å². The maximum absolute atomic E-state index is 10.4. The number of nitrogens with zero attached hydrogens (tertiary/aromatic N) is 2. The lowest BCUT2D eigenvalue weighted by Crippen LogP contribution is -1.88. The lowest BCUT2D eigenvalue weighted by atomic mass is 10.2. The van der Waals surface area contributed by atoms with Gasteiger partial charge in [0.05, 0.1) is 4.92 Å². The summed E-state index contributed by atoms with van der Waals surface area (Å²) in [5, 5.41) is 19.6. The Kier molecular flexibility index (Phi) is 2.81. The van der Waals surface area contributed by atoms with Crippen molar-refractivity contribution < 1.29 is 14.8 Å². The van der Waals surface area contributed by atoms with Crippen molar-refractivity contribution in [1.29, 1.82) is 0 Å². The predicted octanol–water partition coefficient (Wildman–Crippen LogP) is 1.92. The van der Waals surface area contributed by atoms with Crippen molar-refractivity contribution in [3.63, 3.8) is 0 Å². The van der Waals surface area contributed by atoms with Crippen LogP contribution in [-0.4, -0.2) is 16.1 Å². The van der Waals surface area contributed by atoms with E-state index in [-0.39, 0.29) is 10.7 Å². The number of halogens is 1. The Morgan fingerprint density at radius 3 is 2.71 bits per heavy atom. The standard InChI is InChI=1S/C7H3ClN2O4/c8-4-1-5(9-3-11)7(12)6(2-4)10(13)14/h1-2,12H. The Morgan fingerprint density at radius 2 is 2.21 bits per heavy atom. The Bertz CT molecular complexity index is 416. The van der Waals surface area contributed by atoms with Crippen LogP contribution in [-0.2, 0) is 4.79 Å². The summed E-state index contributed by atoms with van der Waals surface area (Å²) in [4.78, 5) is 22.5. The number of isocyanates is 1. The van der Waals surface area contributed by atoms with Gasteiger partial charge in [-0.3, -0.25) is 10.1 Å². The third-order valence-corrected chi connectivity index (χ3v) is 1.62. The van der Waals surface area contributed by atoms with Gasteiger partial charge >= 0.3 is 5.69 Å². The molecule has 1 aromatic carbocycles. The van der Waals surface area contributed by atoms with Crippen LogP contribution in [0.5, 0.6) is 5.75 Å². The van der Waals surface area contributed by atoms with Crippen LogP contribution in [0, 0.1) is 10.1 Å². The molecule has 0 unspecified atom stereocenters. The van der Waals surface area contributed by atoms with E-state index < -0.39 is 16.4 Å². The van der Waals surface area contributed by atoms with Crippen molar-refractivity contribution in [3.8, 4) is 5.75 Å². The fourth-order valence-corrected chi connectivity index (χ4v) is 1.05. The molecular weight excluding hydrogens is 212 g/mol.